The van der Waals surface area contributed by atoms with Gasteiger partial charge in [0.15, 0.2) is 11.5 Å². The van der Waals surface area contributed by atoms with Gasteiger partial charge in [-0.1, -0.05) is 6.92 Å². The Morgan fingerprint density at radius 2 is 2.00 bits per heavy atom. The summed E-state index contributed by atoms with van der Waals surface area (Å²) in [5.74, 6) is 1.33. The molecule has 0 aliphatic rings. The number of nitrogen functional groups attached to an aromatic ring is 1. The van der Waals surface area contributed by atoms with Crippen molar-refractivity contribution in [1.29, 1.82) is 0 Å². The first kappa shape index (κ1) is 14.6. The second-order valence-corrected chi connectivity index (χ2v) is 4.01. The number of nitrogens with two attached hydrogens (primary N) is 1. The number of rotatable bonds is 7. The predicted octanol–water partition coefficient (Wildman–Crippen LogP) is 1.10. The molecule has 5 nitrogen and oxygen atoms in total. The van der Waals surface area contributed by atoms with Gasteiger partial charge >= 0.3 is 0 Å². The average molecular weight is 254 g/mol. The molecule has 0 bridgehead atoms. The van der Waals surface area contributed by atoms with Gasteiger partial charge in [0.25, 0.3) is 0 Å². The number of methoxy groups -OCH3 is 2. The normalized spacial score (nSPS) is 10.7. The molecule has 0 spiro atoms. The van der Waals surface area contributed by atoms with Crippen LogP contribution >= 0.6 is 0 Å². The summed E-state index contributed by atoms with van der Waals surface area (Å²) in [6.07, 6.45) is 0. The van der Waals surface area contributed by atoms with E-state index in [1.165, 1.54) is 0 Å². The molecule has 0 heterocycles. The maximum atomic E-state index is 9.01. The van der Waals surface area contributed by atoms with E-state index in [0.29, 0.717) is 30.3 Å². The van der Waals surface area contributed by atoms with E-state index in [4.69, 9.17) is 20.3 Å². The monoisotopic (exact) mass is 254 g/mol. The fraction of sp³-hybridized carbons (Fsp3) is 0.538. The highest BCUT2D eigenvalue weighted by atomic mass is 16.5. The molecule has 0 saturated carbocycles. The average Bonchev–Trinajstić information content (AvgIpc) is 2.37. The molecule has 1 aromatic rings. The number of aliphatic hydroxyl groups is 1. The molecule has 0 aliphatic carbocycles. The molecule has 1 rings (SSSR count). The molecule has 0 aliphatic heterocycles. The number of hydrogen-bond acceptors (Lipinski definition) is 5. The minimum absolute atomic E-state index is 0.135. The Morgan fingerprint density at radius 3 is 2.50 bits per heavy atom. The molecule has 18 heavy (non-hydrogen) atoms. The number of anilines is 1. The summed E-state index contributed by atoms with van der Waals surface area (Å²) in [6.45, 7) is 4.32. The van der Waals surface area contributed by atoms with Crippen LogP contribution in [0, 0.1) is 0 Å². The predicted molar refractivity (Wildman–Crippen MR) is 72.0 cm³/mol. The van der Waals surface area contributed by atoms with Crippen LogP contribution in [0.4, 0.5) is 5.69 Å². The molecule has 0 unspecified atom stereocenters. The zero-order chi connectivity index (χ0) is 13.5. The van der Waals surface area contributed by atoms with E-state index >= 15 is 0 Å². The standard InChI is InChI=1S/C13H22N2O3/c1-4-15(5-6-16)9-10-7-11(14)8-12(17-2)13(10)18-3/h7-8,16H,4-6,9,14H2,1-3H3. The van der Waals surface area contributed by atoms with Crippen molar-refractivity contribution in [3.8, 4) is 11.5 Å². The molecule has 0 saturated heterocycles. The fourth-order valence-electron chi connectivity index (χ4n) is 1.92. The van der Waals surface area contributed by atoms with Crippen molar-refractivity contribution in [2.75, 3.05) is 39.6 Å². The molecule has 102 valence electrons. The van der Waals surface area contributed by atoms with Crippen molar-refractivity contribution in [1.82, 2.24) is 4.90 Å². The second-order valence-electron chi connectivity index (χ2n) is 4.01. The van der Waals surface area contributed by atoms with Crippen LogP contribution in [0.5, 0.6) is 11.5 Å². The van der Waals surface area contributed by atoms with E-state index in [1.54, 1.807) is 20.3 Å². The number of hydrogen-bond donors (Lipinski definition) is 2. The Bertz CT molecular complexity index is 383. The van der Waals surface area contributed by atoms with Crippen LogP contribution in [0.25, 0.3) is 0 Å². The van der Waals surface area contributed by atoms with Crippen molar-refractivity contribution >= 4 is 5.69 Å². The third kappa shape index (κ3) is 3.51. The highest BCUT2D eigenvalue weighted by molar-refractivity contribution is 5.57. The van der Waals surface area contributed by atoms with Crippen LogP contribution in [0.3, 0.4) is 0 Å². The highest BCUT2D eigenvalue weighted by Gasteiger charge is 2.14. The highest BCUT2D eigenvalue weighted by Crippen LogP contribution is 2.34. The summed E-state index contributed by atoms with van der Waals surface area (Å²) in [4.78, 5) is 2.11. The van der Waals surface area contributed by atoms with Crippen LogP contribution in [-0.2, 0) is 6.54 Å². The van der Waals surface area contributed by atoms with Crippen LogP contribution in [-0.4, -0.2) is 43.9 Å². The Hall–Kier alpha value is -1.46. The molecular formula is C13H22N2O3. The summed E-state index contributed by atoms with van der Waals surface area (Å²) in [5, 5.41) is 9.01. The van der Waals surface area contributed by atoms with Gasteiger partial charge in [0.05, 0.1) is 20.8 Å². The van der Waals surface area contributed by atoms with Gasteiger partial charge in [-0.15, -0.1) is 0 Å². The maximum Gasteiger partial charge on any atom is 0.165 e. The minimum atomic E-state index is 0.135. The number of nitrogens with zero attached hydrogens (tertiary/aromatic N) is 1. The molecule has 3 N–H and O–H groups in total. The number of likely N-dealkylation sites (N-methyl/N-ethyl adjacent to an activating group) is 1. The van der Waals surface area contributed by atoms with E-state index in [9.17, 15) is 0 Å². The number of aliphatic hydroxyl groups excluding tert-OH is 1. The first-order valence-electron chi connectivity index (χ1n) is 5.99. The topological polar surface area (TPSA) is 68.0 Å². The molecule has 1 aromatic carbocycles. The molecule has 0 amide bonds. The molecule has 0 fully saturated rings. The first-order valence-corrected chi connectivity index (χ1v) is 5.99. The number of benzene rings is 1. The van der Waals surface area contributed by atoms with E-state index < -0.39 is 0 Å². The van der Waals surface area contributed by atoms with Gasteiger partial charge in [-0.05, 0) is 12.6 Å². The van der Waals surface area contributed by atoms with Crippen LogP contribution in [0.15, 0.2) is 12.1 Å². The summed E-state index contributed by atoms with van der Waals surface area (Å²) >= 11 is 0. The van der Waals surface area contributed by atoms with Crippen molar-refractivity contribution in [2.24, 2.45) is 0 Å². The van der Waals surface area contributed by atoms with Gasteiger partial charge in [0.2, 0.25) is 0 Å². The van der Waals surface area contributed by atoms with Crippen LogP contribution in [0.2, 0.25) is 0 Å². The zero-order valence-corrected chi connectivity index (χ0v) is 11.3. The molecule has 0 aromatic heterocycles. The Kier molecular flexibility index (Phi) is 5.74. The van der Waals surface area contributed by atoms with Crippen molar-refractivity contribution in [2.45, 2.75) is 13.5 Å². The SMILES string of the molecule is CCN(CCO)Cc1cc(N)cc(OC)c1OC. The van der Waals surface area contributed by atoms with Crippen molar-refractivity contribution in [3.05, 3.63) is 17.7 Å². The first-order chi connectivity index (χ1) is 8.65. The third-order valence-corrected chi connectivity index (χ3v) is 2.84. The van der Waals surface area contributed by atoms with Gasteiger partial charge in [-0.3, -0.25) is 4.90 Å². The molecular weight excluding hydrogens is 232 g/mol. The smallest absolute Gasteiger partial charge is 0.165 e. The summed E-state index contributed by atoms with van der Waals surface area (Å²) < 4.78 is 10.6. The van der Waals surface area contributed by atoms with Crippen molar-refractivity contribution < 1.29 is 14.6 Å². The minimum Gasteiger partial charge on any atom is -0.493 e. The Labute approximate surface area is 108 Å². The van der Waals surface area contributed by atoms with E-state index in [1.807, 2.05) is 13.0 Å². The van der Waals surface area contributed by atoms with Crippen molar-refractivity contribution in [3.63, 3.8) is 0 Å². The fourth-order valence-corrected chi connectivity index (χ4v) is 1.92. The quantitative estimate of drug-likeness (QED) is 0.713. The van der Waals surface area contributed by atoms with Crippen LogP contribution < -0.4 is 15.2 Å². The Morgan fingerprint density at radius 1 is 1.28 bits per heavy atom. The maximum absolute atomic E-state index is 9.01. The van der Waals surface area contributed by atoms with Gasteiger partial charge in [-0.2, -0.15) is 0 Å². The van der Waals surface area contributed by atoms with Gasteiger partial charge in [0, 0.05) is 30.4 Å². The van der Waals surface area contributed by atoms with E-state index in [0.717, 1.165) is 12.1 Å². The lowest BCUT2D eigenvalue weighted by molar-refractivity contribution is 0.195. The lowest BCUT2D eigenvalue weighted by Crippen LogP contribution is -2.26. The third-order valence-electron chi connectivity index (χ3n) is 2.84. The molecule has 0 radical (unpaired) electrons. The van der Waals surface area contributed by atoms with Gasteiger partial charge < -0.3 is 20.3 Å². The molecule has 0 atom stereocenters. The summed E-state index contributed by atoms with van der Waals surface area (Å²) in [5.41, 5.74) is 7.45. The van der Waals surface area contributed by atoms with E-state index in [2.05, 4.69) is 4.90 Å². The van der Waals surface area contributed by atoms with Gasteiger partial charge in [0.1, 0.15) is 0 Å². The zero-order valence-electron chi connectivity index (χ0n) is 11.3. The van der Waals surface area contributed by atoms with Gasteiger partial charge in [-0.25, -0.2) is 0 Å². The lowest BCUT2D eigenvalue weighted by atomic mass is 10.1. The second kappa shape index (κ2) is 7.08. The largest absolute Gasteiger partial charge is 0.493 e. The van der Waals surface area contributed by atoms with E-state index in [-0.39, 0.29) is 6.61 Å². The molecule has 5 heteroatoms. The lowest BCUT2D eigenvalue weighted by Gasteiger charge is -2.21. The summed E-state index contributed by atoms with van der Waals surface area (Å²) in [6, 6.07) is 3.62. The summed E-state index contributed by atoms with van der Waals surface area (Å²) in [7, 11) is 3.20. The Balaban J connectivity index is 3.02. The van der Waals surface area contributed by atoms with Crippen LogP contribution in [0.1, 0.15) is 12.5 Å². The number of ether oxygens (including phenoxy) is 2.